The summed E-state index contributed by atoms with van der Waals surface area (Å²) in [6.07, 6.45) is 8.19. The van der Waals surface area contributed by atoms with Crippen LogP contribution in [0, 0.1) is 28.6 Å². The molecular formula is C17H25NO. The first-order valence-corrected chi connectivity index (χ1v) is 8.13. The molecule has 3 saturated carbocycles. The molecule has 0 bridgehead atoms. The second-order valence-electron chi connectivity index (χ2n) is 7.83. The Kier molecular flexibility index (Phi) is 2.36. The molecule has 0 saturated heterocycles. The molecule has 2 heteroatoms. The molecule has 4 aliphatic rings. The molecule has 3 fully saturated rings. The van der Waals surface area contributed by atoms with Crippen LogP contribution in [-0.4, -0.2) is 18.0 Å². The normalized spacial score (nSPS) is 52.4. The largest absolute Gasteiger partial charge is 0.299 e. The predicted molar refractivity (Wildman–Crippen MR) is 76.3 cm³/mol. The molecule has 0 N–H and O–H groups in total. The van der Waals surface area contributed by atoms with Gasteiger partial charge in [-0.3, -0.25) is 9.79 Å². The van der Waals surface area contributed by atoms with Crippen LogP contribution in [0.5, 0.6) is 0 Å². The van der Waals surface area contributed by atoms with E-state index in [9.17, 15) is 4.79 Å². The smallest absolute Gasteiger partial charge is 0.139 e. The van der Waals surface area contributed by atoms with Crippen molar-refractivity contribution in [2.75, 3.05) is 6.54 Å². The Hall–Kier alpha value is -0.660. The standard InChI is InChI=1S/C17H25NO/c1-16-9-10-18-14(16)5-3-11-12-4-6-15(19)17(12,2)8-7-13(11)16/h11-13H,3-10H2,1-2H3/t11-,12-,13-,16+,17-/m0/s1. The maximum absolute atomic E-state index is 12.3. The van der Waals surface area contributed by atoms with E-state index < -0.39 is 0 Å². The van der Waals surface area contributed by atoms with E-state index >= 15 is 0 Å². The summed E-state index contributed by atoms with van der Waals surface area (Å²) in [5.74, 6) is 2.85. The second kappa shape index (κ2) is 3.71. The van der Waals surface area contributed by atoms with Crippen molar-refractivity contribution in [3.63, 3.8) is 0 Å². The molecular weight excluding hydrogens is 234 g/mol. The van der Waals surface area contributed by atoms with Gasteiger partial charge in [-0.2, -0.15) is 0 Å². The molecule has 1 aliphatic heterocycles. The van der Waals surface area contributed by atoms with Crippen molar-refractivity contribution in [2.24, 2.45) is 33.6 Å². The van der Waals surface area contributed by atoms with Crippen LogP contribution in [0.1, 0.15) is 58.8 Å². The highest BCUT2D eigenvalue weighted by atomic mass is 16.1. The lowest BCUT2D eigenvalue weighted by Gasteiger charge is -2.54. The lowest BCUT2D eigenvalue weighted by Crippen LogP contribution is -2.51. The van der Waals surface area contributed by atoms with Crippen LogP contribution < -0.4 is 0 Å². The quantitative estimate of drug-likeness (QED) is 0.653. The van der Waals surface area contributed by atoms with Gasteiger partial charge in [-0.05, 0) is 56.3 Å². The van der Waals surface area contributed by atoms with E-state index in [4.69, 9.17) is 4.99 Å². The van der Waals surface area contributed by atoms with Gasteiger partial charge in [0, 0.05) is 29.5 Å². The Morgan fingerprint density at radius 2 is 1.79 bits per heavy atom. The third-order valence-corrected chi connectivity index (χ3v) is 7.27. The van der Waals surface area contributed by atoms with Gasteiger partial charge in [0.15, 0.2) is 0 Å². The van der Waals surface area contributed by atoms with Gasteiger partial charge in [-0.25, -0.2) is 0 Å². The zero-order chi connectivity index (χ0) is 13.3. The van der Waals surface area contributed by atoms with Crippen LogP contribution in [-0.2, 0) is 4.79 Å². The molecule has 0 aromatic rings. The SMILES string of the molecule is C[C@]12CCN=C1CC[C@@H]1[C@@H]2CC[C@]2(C)C(=O)CC[C@@H]12. The highest BCUT2D eigenvalue weighted by Crippen LogP contribution is 2.62. The Balaban J connectivity index is 1.70. The topological polar surface area (TPSA) is 29.4 Å². The number of aliphatic imine (C=N–C) groups is 1. The number of hydrogen-bond donors (Lipinski definition) is 0. The van der Waals surface area contributed by atoms with Crippen molar-refractivity contribution in [3.8, 4) is 0 Å². The number of carbonyl (C=O) groups excluding carboxylic acids is 1. The summed E-state index contributed by atoms with van der Waals surface area (Å²) in [6, 6.07) is 0. The van der Waals surface area contributed by atoms with Crippen molar-refractivity contribution in [3.05, 3.63) is 0 Å². The van der Waals surface area contributed by atoms with Gasteiger partial charge >= 0.3 is 0 Å². The first-order valence-electron chi connectivity index (χ1n) is 8.13. The summed E-state index contributed by atoms with van der Waals surface area (Å²) in [5, 5.41) is 0. The number of ketones is 1. The summed E-state index contributed by atoms with van der Waals surface area (Å²) in [4.78, 5) is 17.1. The summed E-state index contributed by atoms with van der Waals surface area (Å²) in [6.45, 7) is 5.79. The fourth-order valence-corrected chi connectivity index (χ4v) is 6.07. The number of Topliss-reactive ketones (excluding diaryl/α,β-unsaturated/α-hetero) is 1. The van der Waals surface area contributed by atoms with Crippen molar-refractivity contribution in [1.82, 2.24) is 0 Å². The fraction of sp³-hybridized carbons (Fsp3) is 0.882. The summed E-state index contributed by atoms with van der Waals surface area (Å²) in [5.41, 5.74) is 1.93. The van der Waals surface area contributed by atoms with Crippen molar-refractivity contribution in [1.29, 1.82) is 0 Å². The van der Waals surface area contributed by atoms with Gasteiger partial charge in [0.1, 0.15) is 5.78 Å². The van der Waals surface area contributed by atoms with Crippen molar-refractivity contribution < 1.29 is 4.79 Å². The number of nitrogens with zero attached hydrogens (tertiary/aromatic N) is 1. The van der Waals surface area contributed by atoms with Gasteiger partial charge in [0.2, 0.25) is 0 Å². The minimum atomic E-state index is 0.0325. The van der Waals surface area contributed by atoms with Crippen LogP contribution in [0.2, 0.25) is 0 Å². The molecule has 0 amide bonds. The average Bonchev–Trinajstić information content (AvgIpc) is 2.90. The maximum atomic E-state index is 12.3. The third-order valence-electron chi connectivity index (χ3n) is 7.27. The second-order valence-corrected chi connectivity index (χ2v) is 7.83. The molecule has 0 spiro atoms. The van der Waals surface area contributed by atoms with Crippen LogP contribution in [0.25, 0.3) is 0 Å². The van der Waals surface area contributed by atoms with Gasteiger partial charge in [-0.1, -0.05) is 13.8 Å². The van der Waals surface area contributed by atoms with E-state index in [2.05, 4.69) is 13.8 Å². The maximum Gasteiger partial charge on any atom is 0.139 e. The Morgan fingerprint density at radius 1 is 1.00 bits per heavy atom. The number of carbonyl (C=O) groups is 1. The fourth-order valence-electron chi connectivity index (χ4n) is 6.07. The van der Waals surface area contributed by atoms with Gasteiger partial charge in [0.25, 0.3) is 0 Å². The molecule has 0 aromatic heterocycles. The van der Waals surface area contributed by atoms with Gasteiger partial charge in [0.05, 0.1) is 0 Å². The Bertz CT molecular complexity index is 468. The van der Waals surface area contributed by atoms with Crippen LogP contribution in [0.15, 0.2) is 4.99 Å². The molecule has 3 aliphatic carbocycles. The predicted octanol–water partition coefficient (Wildman–Crippen LogP) is 3.64. The number of fused-ring (bicyclic) bond motifs is 5. The Morgan fingerprint density at radius 3 is 2.63 bits per heavy atom. The Labute approximate surface area is 116 Å². The van der Waals surface area contributed by atoms with E-state index in [1.165, 1.54) is 37.8 Å². The minimum Gasteiger partial charge on any atom is -0.299 e. The van der Waals surface area contributed by atoms with Crippen LogP contribution in [0.3, 0.4) is 0 Å². The number of rotatable bonds is 0. The molecule has 4 rings (SSSR count). The summed E-state index contributed by atoms with van der Waals surface area (Å²) >= 11 is 0. The number of hydrogen-bond acceptors (Lipinski definition) is 2. The van der Waals surface area contributed by atoms with Crippen molar-refractivity contribution >= 4 is 11.5 Å². The average molecular weight is 259 g/mol. The van der Waals surface area contributed by atoms with Crippen LogP contribution >= 0.6 is 0 Å². The lowest BCUT2D eigenvalue weighted by molar-refractivity contribution is -0.131. The van der Waals surface area contributed by atoms with Crippen LogP contribution in [0.4, 0.5) is 0 Å². The van der Waals surface area contributed by atoms with Gasteiger partial charge < -0.3 is 0 Å². The summed E-state index contributed by atoms with van der Waals surface area (Å²) in [7, 11) is 0. The van der Waals surface area contributed by atoms with E-state index in [-0.39, 0.29) is 5.41 Å². The van der Waals surface area contributed by atoms with E-state index in [0.29, 0.717) is 17.1 Å². The molecule has 0 aromatic carbocycles. The minimum absolute atomic E-state index is 0.0325. The molecule has 0 radical (unpaired) electrons. The highest BCUT2D eigenvalue weighted by molar-refractivity contribution is 5.93. The first kappa shape index (κ1) is 12.1. The van der Waals surface area contributed by atoms with E-state index in [0.717, 1.165) is 31.2 Å². The van der Waals surface area contributed by atoms with E-state index in [1.807, 2.05) is 0 Å². The highest BCUT2D eigenvalue weighted by Gasteiger charge is 2.59. The van der Waals surface area contributed by atoms with E-state index in [1.54, 1.807) is 0 Å². The molecule has 19 heavy (non-hydrogen) atoms. The zero-order valence-electron chi connectivity index (χ0n) is 12.2. The van der Waals surface area contributed by atoms with Gasteiger partial charge in [-0.15, -0.1) is 0 Å². The molecule has 2 nitrogen and oxygen atoms in total. The monoisotopic (exact) mass is 259 g/mol. The molecule has 1 heterocycles. The third kappa shape index (κ3) is 1.38. The molecule has 0 unspecified atom stereocenters. The summed E-state index contributed by atoms with van der Waals surface area (Å²) < 4.78 is 0. The molecule has 104 valence electrons. The van der Waals surface area contributed by atoms with Crippen molar-refractivity contribution in [2.45, 2.75) is 58.8 Å². The first-order chi connectivity index (χ1) is 9.06. The zero-order valence-corrected chi connectivity index (χ0v) is 12.2. The molecule has 5 atom stereocenters. The lowest BCUT2D eigenvalue weighted by atomic mass is 9.49.